The number of rotatable bonds is 4. The van der Waals surface area contributed by atoms with Gasteiger partial charge in [-0.3, -0.25) is 9.59 Å². The standard InChI is InChI=1S/C25H40O5/c1-13(5-9-21(27)29-4)17-7-8-18-15(3)14(2)11-19(18)23-20(26)12-16-6-10-22(28)30-25(16)24(17)23/h13-20,23-26H,5-12H2,1-4H3. The smallest absolute Gasteiger partial charge is 0.306 e. The van der Waals surface area contributed by atoms with Crippen molar-refractivity contribution in [2.24, 2.45) is 53.3 Å². The van der Waals surface area contributed by atoms with E-state index in [-0.39, 0.29) is 41.9 Å². The molecule has 1 heterocycles. The SMILES string of the molecule is COC(=O)CCC(C)C1CCC2C(C)C(C)CC2C2C(O)CC3CCC(=O)OC3C12. The first kappa shape index (κ1) is 22.1. The summed E-state index contributed by atoms with van der Waals surface area (Å²) in [7, 11) is 1.45. The quantitative estimate of drug-likeness (QED) is 0.690. The van der Waals surface area contributed by atoms with Crippen LogP contribution in [0, 0.1) is 53.3 Å². The summed E-state index contributed by atoms with van der Waals surface area (Å²) < 4.78 is 10.9. The predicted octanol–water partition coefficient (Wildman–Crippen LogP) is 4.21. The number of esters is 2. The van der Waals surface area contributed by atoms with Crippen molar-refractivity contribution in [1.29, 1.82) is 0 Å². The van der Waals surface area contributed by atoms with Crippen LogP contribution in [0.1, 0.15) is 72.1 Å². The molecule has 0 spiro atoms. The van der Waals surface area contributed by atoms with Crippen molar-refractivity contribution in [2.75, 3.05) is 7.11 Å². The van der Waals surface area contributed by atoms with Gasteiger partial charge in [0.1, 0.15) is 6.10 Å². The third-order valence-corrected chi connectivity index (χ3v) is 9.62. The number of ether oxygens (including phenoxy) is 2. The van der Waals surface area contributed by atoms with Crippen LogP contribution in [0.2, 0.25) is 0 Å². The molecule has 1 aliphatic heterocycles. The maximum absolute atomic E-state index is 12.3. The van der Waals surface area contributed by atoms with Gasteiger partial charge in [0, 0.05) is 18.8 Å². The minimum absolute atomic E-state index is 0.0600. The molecular weight excluding hydrogens is 380 g/mol. The van der Waals surface area contributed by atoms with Crippen molar-refractivity contribution in [2.45, 2.75) is 84.3 Å². The lowest BCUT2D eigenvalue weighted by molar-refractivity contribution is -0.187. The first-order valence-corrected chi connectivity index (χ1v) is 12.3. The molecule has 4 aliphatic rings. The van der Waals surface area contributed by atoms with Crippen LogP contribution in [-0.2, 0) is 19.1 Å². The summed E-state index contributed by atoms with van der Waals surface area (Å²) in [6, 6.07) is 0. The Morgan fingerprint density at radius 2 is 1.93 bits per heavy atom. The summed E-state index contributed by atoms with van der Waals surface area (Å²) in [6.07, 6.45) is 6.44. The van der Waals surface area contributed by atoms with Crippen molar-refractivity contribution >= 4 is 11.9 Å². The Balaban J connectivity index is 1.66. The Bertz CT molecular complexity index is 647. The number of carbonyl (C=O) groups excluding carboxylic acids is 2. The average Bonchev–Trinajstić information content (AvgIpc) is 2.89. The molecule has 30 heavy (non-hydrogen) atoms. The summed E-state index contributed by atoms with van der Waals surface area (Å²) in [5.41, 5.74) is 0. The van der Waals surface area contributed by atoms with Crippen molar-refractivity contribution in [3.8, 4) is 0 Å². The Kier molecular flexibility index (Phi) is 6.48. The van der Waals surface area contributed by atoms with Crippen LogP contribution in [0.3, 0.4) is 0 Å². The summed E-state index contributed by atoms with van der Waals surface area (Å²) in [5.74, 6) is 3.73. The fourth-order valence-electron chi connectivity index (χ4n) is 7.92. The molecule has 0 aromatic heterocycles. The van der Waals surface area contributed by atoms with Crippen LogP contribution in [0.5, 0.6) is 0 Å². The van der Waals surface area contributed by atoms with Gasteiger partial charge >= 0.3 is 11.9 Å². The van der Waals surface area contributed by atoms with Crippen molar-refractivity contribution in [1.82, 2.24) is 0 Å². The number of methoxy groups -OCH3 is 1. The normalized spacial score (nSPS) is 46.6. The van der Waals surface area contributed by atoms with E-state index in [9.17, 15) is 14.7 Å². The van der Waals surface area contributed by atoms with E-state index in [2.05, 4.69) is 20.8 Å². The average molecular weight is 421 g/mol. The molecule has 4 rings (SSSR count). The van der Waals surface area contributed by atoms with Crippen molar-refractivity contribution in [3.05, 3.63) is 0 Å². The van der Waals surface area contributed by atoms with Crippen LogP contribution in [0.15, 0.2) is 0 Å². The van der Waals surface area contributed by atoms with E-state index in [0.29, 0.717) is 48.3 Å². The second-order valence-corrected chi connectivity index (χ2v) is 10.9. The van der Waals surface area contributed by atoms with E-state index >= 15 is 0 Å². The minimum Gasteiger partial charge on any atom is -0.469 e. The van der Waals surface area contributed by atoms with Gasteiger partial charge in [0.25, 0.3) is 0 Å². The molecule has 0 amide bonds. The highest BCUT2D eigenvalue weighted by Gasteiger charge is 2.58. The Hall–Kier alpha value is -1.10. The topological polar surface area (TPSA) is 72.8 Å². The van der Waals surface area contributed by atoms with Crippen LogP contribution in [0.25, 0.3) is 0 Å². The van der Waals surface area contributed by atoms with Gasteiger partial charge in [-0.25, -0.2) is 0 Å². The fourth-order valence-corrected chi connectivity index (χ4v) is 7.92. The monoisotopic (exact) mass is 420 g/mol. The molecule has 3 saturated carbocycles. The summed E-state index contributed by atoms with van der Waals surface area (Å²) in [5, 5.41) is 11.4. The highest BCUT2D eigenvalue weighted by Crippen LogP contribution is 2.59. The second-order valence-electron chi connectivity index (χ2n) is 10.9. The predicted molar refractivity (Wildman–Crippen MR) is 113 cm³/mol. The van der Waals surface area contributed by atoms with Gasteiger partial charge in [0.15, 0.2) is 0 Å². The van der Waals surface area contributed by atoms with Gasteiger partial charge in [-0.05, 0) is 85.9 Å². The lowest BCUT2D eigenvalue weighted by atomic mass is 9.58. The Morgan fingerprint density at radius 3 is 2.67 bits per heavy atom. The lowest BCUT2D eigenvalue weighted by Crippen LogP contribution is -2.55. The fraction of sp³-hybridized carbons (Fsp3) is 0.920. The van der Waals surface area contributed by atoms with Crippen LogP contribution >= 0.6 is 0 Å². The van der Waals surface area contributed by atoms with Crippen LogP contribution in [0.4, 0.5) is 0 Å². The van der Waals surface area contributed by atoms with E-state index in [1.54, 1.807) is 0 Å². The molecule has 5 heteroatoms. The van der Waals surface area contributed by atoms with Gasteiger partial charge < -0.3 is 14.6 Å². The molecule has 4 fully saturated rings. The van der Waals surface area contributed by atoms with Crippen LogP contribution in [-0.4, -0.2) is 36.4 Å². The Labute approximate surface area is 181 Å². The van der Waals surface area contributed by atoms with Gasteiger partial charge in [-0.15, -0.1) is 0 Å². The van der Waals surface area contributed by atoms with Gasteiger partial charge in [-0.1, -0.05) is 20.8 Å². The molecule has 11 unspecified atom stereocenters. The first-order chi connectivity index (χ1) is 14.3. The summed E-state index contributed by atoms with van der Waals surface area (Å²) in [6.45, 7) is 7.01. The molecular formula is C25H40O5. The molecule has 0 aromatic carbocycles. The number of carbonyl (C=O) groups is 2. The number of fused-ring (bicyclic) bond motifs is 5. The van der Waals surface area contributed by atoms with Gasteiger partial charge in [0.05, 0.1) is 13.2 Å². The van der Waals surface area contributed by atoms with Gasteiger partial charge in [0.2, 0.25) is 0 Å². The van der Waals surface area contributed by atoms with Crippen molar-refractivity contribution < 1.29 is 24.2 Å². The third kappa shape index (κ3) is 3.91. The number of aliphatic hydroxyl groups is 1. The first-order valence-electron chi connectivity index (χ1n) is 12.3. The zero-order valence-electron chi connectivity index (χ0n) is 19.1. The third-order valence-electron chi connectivity index (χ3n) is 9.62. The van der Waals surface area contributed by atoms with Crippen LogP contribution < -0.4 is 0 Å². The van der Waals surface area contributed by atoms with E-state index in [0.717, 1.165) is 25.7 Å². The van der Waals surface area contributed by atoms with E-state index in [1.165, 1.54) is 20.0 Å². The number of aliphatic hydroxyl groups excluding tert-OH is 1. The number of hydrogen-bond acceptors (Lipinski definition) is 5. The highest BCUT2D eigenvalue weighted by atomic mass is 16.5. The molecule has 1 N–H and O–H groups in total. The van der Waals surface area contributed by atoms with E-state index < -0.39 is 0 Å². The molecule has 1 saturated heterocycles. The number of hydrogen-bond donors (Lipinski definition) is 1. The molecule has 11 atom stereocenters. The van der Waals surface area contributed by atoms with E-state index in [4.69, 9.17) is 9.47 Å². The molecule has 5 nitrogen and oxygen atoms in total. The molecule has 0 bridgehead atoms. The Morgan fingerprint density at radius 1 is 1.17 bits per heavy atom. The molecule has 3 aliphatic carbocycles. The summed E-state index contributed by atoms with van der Waals surface area (Å²) in [4.78, 5) is 24.1. The van der Waals surface area contributed by atoms with Crippen molar-refractivity contribution in [3.63, 3.8) is 0 Å². The van der Waals surface area contributed by atoms with Gasteiger partial charge in [-0.2, -0.15) is 0 Å². The molecule has 0 radical (unpaired) electrons. The summed E-state index contributed by atoms with van der Waals surface area (Å²) >= 11 is 0. The van der Waals surface area contributed by atoms with E-state index in [1.807, 2.05) is 0 Å². The largest absolute Gasteiger partial charge is 0.469 e. The lowest BCUT2D eigenvalue weighted by Gasteiger charge is -2.52. The highest BCUT2D eigenvalue weighted by molar-refractivity contribution is 5.70. The maximum atomic E-state index is 12.3. The molecule has 0 aromatic rings. The zero-order valence-corrected chi connectivity index (χ0v) is 19.1. The second kappa shape index (κ2) is 8.80. The zero-order chi connectivity index (χ0) is 21.6. The maximum Gasteiger partial charge on any atom is 0.306 e. The molecule has 170 valence electrons. The minimum atomic E-state index is -0.300.